The Kier molecular flexibility index (Phi) is 7.08. The summed E-state index contributed by atoms with van der Waals surface area (Å²) in [5.74, 6) is -0.0800. The average Bonchev–Trinajstić information content (AvgIpc) is 3.34. The number of rotatable bonds is 8. The number of carbonyl (C=O) groups is 1. The topological polar surface area (TPSA) is 88.0 Å². The molecule has 3 heterocycles. The minimum absolute atomic E-state index is 0.0800. The zero-order valence-electron chi connectivity index (χ0n) is 16.8. The third-order valence-corrected chi connectivity index (χ3v) is 6.81. The lowest BCUT2D eigenvalue weighted by atomic mass is 10.2. The molecule has 1 aromatic heterocycles. The smallest absolute Gasteiger partial charge is 0.272 e. The Bertz CT molecular complexity index is 760. The fourth-order valence-electron chi connectivity index (χ4n) is 3.98. The van der Waals surface area contributed by atoms with Gasteiger partial charge in [-0.1, -0.05) is 0 Å². The number of morpholine rings is 1. The molecule has 9 nitrogen and oxygen atoms in total. The molecule has 3 rings (SSSR count). The number of likely N-dealkylation sites (tertiary alicyclic amines) is 1. The van der Waals surface area contributed by atoms with Crippen molar-refractivity contribution < 1.29 is 17.9 Å². The van der Waals surface area contributed by atoms with E-state index in [9.17, 15) is 13.2 Å². The number of ether oxygens (including phenoxy) is 1. The molecule has 0 spiro atoms. The molecule has 0 aromatic carbocycles. The van der Waals surface area contributed by atoms with Gasteiger partial charge in [-0.2, -0.15) is 9.40 Å². The third kappa shape index (κ3) is 5.11. The van der Waals surface area contributed by atoms with Gasteiger partial charge in [0, 0.05) is 51.5 Å². The Labute approximate surface area is 167 Å². The van der Waals surface area contributed by atoms with Crippen LogP contribution in [0.15, 0.2) is 12.3 Å². The minimum atomic E-state index is -3.33. The van der Waals surface area contributed by atoms with E-state index in [-0.39, 0.29) is 11.9 Å². The molecule has 1 aromatic rings. The van der Waals surface area contributed by atoms with Crippen LogP contribution in [0.25, 0.3) is 0 Å². The van der Waals surface area contributed by atoms with E-state index in [1.165, 1.54) is 6.26 Å². The number of amides is 1. The Morgan fingerprint density at radius 2 is 2.07 bits per heavy atom. The van der Waals surface area contributed by atoms with E-state index in [4.69, 9.17) is 4.74 Å². The zero-order chi connectivity index (χ0) is 20.1. The van der Waals surface area contributed by atoms with Gasteiger partial charge in [-0.15, -0.1) is 0 Å². The standard InChI is InChI=1S/C18H31N5O4S/c1-3-22-17(5-7-19-22)18(24)21-10-6-16(15-21)23(28(2,25)26)9-4-8-20-11-13-27-14-12-20/h5,7,16H,3-4,6,8-15H2,1-2H3. The molecule has 1 amide bonds. The van der Waals surface area contributed by atoms with Gasteiger partial charge in [0.15, 0.2) is 0 Å². The maximum atomic E-state index is 12.8. The summed E-state index contributed by atoms with van der Waals surface area (Å²) in [6.45, 7) is 8.18. The highest BCUT2D eigenvalue weighted by Gasteiger charge is 2.35. The lowest BCUT2D eigenvalue weighted by molar-refractivity contribution is 0.0366. The van der Waals surface area contributed by atoms with Crippen molar-refractivity contribution in [1.82, 2.24) is 23.9 Å². The van der Waals surface area contributed by atoms with Crippen LogP contribution >= 0.6 is 0 Å². The van der Waals surface area contributed by atoms with Crippen LogP contribution in [-0.4, -0.2) is 103 Å². The lowest BCUT2D eigenvalue weighted by Crippen LogP contribution is -2.44. The summed E-state index contributed by atoms with van der Waals surface area (Å²) in [6.07, 6.45) is 4.33. The number of nitrogens with zero attached hydrogens (tertiary/aromatic N) is 5. The molecule has 2 fully saturated rings. The van der Waals surface area contributed by atoms with E-state index in [0.29, 0.717) is 38.3 Å². The molecule has 1 unspecified atom stereocenters. The lowest BCUT2D eigenvalue weighted by Gasteiger charge is -2.30. The molecule has 28 heavy (non-hydrogen) atoms. The molecule has 0 N–H and O–H groups in total. The quantitative estimate of drug-likeness (QED) is 0.601. The Hall–Kier alpha value is -1.49. The van der Waals surface area contributed by atoms with Gasteiger partial charge in [-0.05, 0) is 32.4 Å². The molecule has 10 heteroatoms. The second kappa shape index (κ2) is 9.34. The number of carbonyl (C=O) groups excluding carboxylic acids is 1. The van der Waals surface area contributed by atoms with Crippen molar-refractivity contribution in [3.05, 3.63) is 18.0 Å². The van der Waals surface area contributed by atoms with Crippen LogP contribution in [0, 0.1) is 0 Å². The van der Waals surface area contributed by atoms with Gasteiger partial charge in [-0.3, -0.25) is 14.4 Å². The van der Waals surface area contributed by atoms with Crippen molar-refractivity contribution in [2.24, 2.45) is 0 Å². The second-order valence-electron chi connectivity index (χ2n) is 7.41. The van der Waals surface area contributed by atoms with Gasteiger partial charge in [-0.25, -0.2) is 8.42 Å². The van der Waals surface area contributed by atoms with Crippen molar-refractivity contribution in [3.8, 4) is 0 Å². The number of hydrogen-bond donors (Lipinski definition) is 0. The number of aryl methyl sites for hydroxylation is 1. The Morgan fingerprint density at radius 1 is 1.32 bits per heavy atom. The predicted molar refractivity (Wildman–Crippen MR) is 106 cm³/mol. The molecule has 2 aliphatic heterocycles. The first-order valence-corrected chi connectivity index (χ1v) is 11.8. The van der Waals surface area contributed by atoms with E-state index in [0.717, 1.165) is 39.3 Å². The normalized spacial score (nSPS) is 21.5. The summed E-state index contributed by atoms with van der Waals surface area (Å²) in [5.41, 5.74) is 0.557. The van der Waals surface area contributed by atoms with Crippen LogP contribution in [0.3, 0.4) is 0 Å². The van der Waals surface area contributed by atoms with Crippen molar-refractivity contribution >= 4 is 15.9 Å². The minimum Gasteiger partial charge on any atom is -0.379 e. The fourth-order valence-corrected chi connectivity index (χ4v) is 5.16. The van der Waals surface area contributed by atoms with Gasteiger partial charge in [0.05, 0.1) is 19.5 Å². The summed E-state index contributed by atoms with van der Waals surface area (Å²) in [4.78, 5) is 16.9. The first-order valence-electron chi connectivity index (χ1n) is 9.98. The predicted octanol–water partition coefficient (Wildman–Crippen LogP) is 0.101. The van der Waals surface area contributed by atoms with Gasteiger partial charge >= 0.3 is 0 Å². The summed E-state index contributed by atoms with van der Waals surface area (Å²) in [5, 5.41) is 4.15. The number of aromatic nitrogens is 2. The van der Waals surface area contributed by atoms with Gasteiger partial charge < -0.3 is 9.64 Å². The summed E-state index contributed by atoms with van der Waals surface area (Å²) in [7, 11) is -3.33. The molecular weight excluding hydrogens is 382 g/mol. The van der Waals surface area contributed by atoms with Crippen LogP contribution in [0.1, 0.15) is 30.3 Å². The average molecular weight is 414 g/mol. The summed E-state index contributed by atoms with van der Waals surface area (Å²) in [6, 6.07) is 1.55. The van der Waals surface area contributed by atoms with E-state index in [1.54, 1.807) is 26.2 Å². The van der Waals surface area contributed by atoms with Gasteiger partial charge in [0.25, 0.3) is 5.91 Å². The van der Waals surface area contributed by atoms with E-state index in [1.807, 2.05) is 6.92 Å². The Morgan fingerprint density at radius 3 is 2.75 bits per heavy atom. The first kappa shape index (κ1) is 21.2. The molecule has 0 bridgehead atoms. The third-order valence-electron chi connectivity index (χ3n) is 5.48. The van der Waals surface area contributed by atoms with Crippen molar-refractivity contribution in [2.45, 2.75) is 32.4 Å². The summed E-state index contributed by atoms with van der Waals surface area (Å²) < 4.78 is 33.4. The van der Waals surface area contributed by atoms with Crippen LogP contribution < -0.4 is 0 Å². The fraction of sp³-hybridized carbons (Fsp3) is 0.778. The van der Waals surface area contributed by atoms with E-state index < -0.39 is 10.0 Å². The number of hydrogen-bond acceptors (Lipinski definition) is 6. The molecule has 2 aliphatic rings. The molecule has 0 saturated carbocycles. The largest absolute Gasteiger partial charge is 0.379 e. The van der Waals surface area contributed by atoms with Crippen molar-refractivity contribution in [3.63, 3.8) is 0 Å². The number of sulfonamides is 1. The zero-order valence-corrected chi connectivity index (χ0v) is 17.6. The summed E-state index contributed by atoms with van der Waals surface area (Å²) >= 11 is 0. The molecule has 0 radical (unpaired) electrons. The van der Waals surface area contributed by atoms with Gasteiger partial charge in [0.2, 0.25) is 10.0 Å². The molecule has 158 valence electrons. The van der Waals surface area contributed by atoms with Crippen LogP contribution in [0.5, 0.6) is 0 Å². The van der Waals surface area contributed by atoms with Crippen molar-refractivity contribution in [1.29, 1.82) is 0 Å². The highest BCUT2D eigenvalue weighted by Crippen LogP contribution is 2.21. The second-order valence-corrected chi connectivity index (χ2v) is 9.34. The van der Waals surface area contributed by atoms with Gasteiger partial charge in [0.1, 0.15) is 5.69 Å². The van der Waals surface area contributed by atoms with E-state index >= 15 is 0 Å². The monoisotopic (exact) mass is 413 g/mol. The van der Waals surface area contributed by atoms with Crippen LogP contribution in [0.2, 0.25) is 0 Å². The Balaban J connectivity index is 1.58. The molecule has 0 aliphatic carbocycles. The highest BCUT2D eigenvalue weighted by atomic mass is 32.2. The van der Waals surface area contributed by atoms with E-state index in [2.05, 4.69) is 10.00 Å². The molecule has 2 saturated heterocycles. The first-order chi connectivity index (χ1) is 13.4. The molecule has 1 atom stereocenters. The van der Waals surface area contributed by atoms with Crippen LogP contribution in [-0.2, 0) is 21.3 Å². The highest BCUT2D eigenvalue weighted by molar-refractivity contribution is 7.88. The molecular formula is C18H31N5O4S. The maximum absolute atomic E-state index is 12.8. The SMILES string of the molecule is CCn1nccc1C(=O)N1CCC(N(CCCN2CCOCC2)S(C)(=O)=O)C1. The van der Waals surface area contributed by atoms with Crippen molar-refractivity contribution in [2.75, 3.05) is 58.7 Å². The maximum Gasteiger partial charge on any atom is 0.272 e. The van der Waals surface area contributed by atoms with Crippen LogP contribution in [0.4, 0.5) is 0 Å².